The minimum Gasteiger partial charge on any atom is -0.380 e. The number of thiophene rings is 1. The Morgan fingerprint density at radius 3 is 3.22 bits per heavy atom. The molecule has 0 radical (unpaired) electrons. The highest BCUT2D eigenvalue weighted by Gasteiger charge is 2.52. The summed E-state index contributed by atoms with van der Waals surface area (Å²) in [5.41, 5.74) is -0.0793. The topological polar surface area (TPSA) is 68.5 Å². The molecule has 0 N–H and O–H groups in total. The van der Waals surface area contributed by atoms with Crippen LogP contribution in [0.25, 0.3) is 0 Å². The van der Waals surface area contributed by atoms with Gasteiger partial charge in [-0.3, -0.25) is 4.79 Å². The van der Waals surface area contributed by atoms with Gasteiger partial charge in [-0.1, -0.05) is 11.2 Å². The lowest BCUT2D eigenvalue weighted by atomic mass is 9.78. The van der Waals surface area contributed by atoms with Crippen LogP contribution in [0.3, 0.4) is 0 Å². The highest BCUT2D eigenvalue weighted by atomic mass is 32.1. The van der Waals surface area contributed by atoms with Crippen molar-refractivity contribution in [3.05, 3.63) is 34.1 Å². The number of carbonyl (C=O) groups excluding carboxylic acids is 1. The Hall–Kier alpha value is -1.73. The van der Waals surface area contributed by atoms with Crippen molar-refractivity contribution in [3.8, 4) is 0 Å². The van der Waals surface area contributed by atoms with Gasteiger partial charge >= 0.3 is 0 Å². The van der Waals surface area contributed by atoms with Crippen molar-refractivity contribution >= 4 is 17.2 Å². The summed E-state index contributed by atoms with van der Waals surface area (Å²) in [4.78, 5) is 20.0. The summed E-state index contributed by atoms with van der Waals surface area (Å²) >= 11 is 1.63. The van der Waals surface area contributed by atoms with Gasteiger partial charge in [0.2, 0.25) is 11.8 Å². The molecule has 2 atom stereocenters. The third-order valence-electron chi connectivity index (χ3n) is 4.85. The van der Waals surface area contributed by atoms with Crippen LogP contribution in [0.1, 0.15) is 16.6 Å². The number of ether oxygens (including phenoxy) is 1. The summed E-state index contributed by atoms with van der Waals surface area (Å²) in [5, 5.41) is 5.88. The SMILES string of the molecule is Cc1noc(C[C@@]23COC[C@@H]2CN(C(=O)Cc2cccs2)C3)n1. The van der Waals surface area contributed by atoms with Gasteiger partial charge < -0.3 is 14.2 Å². The Kier molecular flexibility index (Phi) is 3.69. The van der Waals surface area contributed by atoms with Crippen molar-refractivity contribution in [1.29, 1.82) is 0 Å². The van der Waals surface area contributed by atoms with Crippen LogP contribution in [0.4, 0.5) is 0 Å². The lowest BCUT2D eigenvalue weighted by molar-refractivity contribution is -0.130. The van der Waals surface area contributed by atoms with E-state index >= 15 is 0 Å². The number of nitrogens with zero attached hydrogens (tertiary/aromatic N) is 3. The highest BCUT2D eigenvalue weighted by Crippen LogP contribution is 2.43. The van der Waals surface area contributed by atoms with Gasteiger partial charge in [-0.05, 0) is 18.4 Å². The van der Waals surface area contributed by atoms with Crippen LogP contribution in [-0.2, 0) is 22.4 Å². The molecule has 6 nitrogen and oxygen atoms in total. The lowest BCUT2D eigenvalue weighted by Gasteiger charge is -2.25. The van der Waals surface area contributed by atoms with Gasteiger partial charge in [0.05, 0.1) is 19.6 Å². The summed E-state index contributed by atoms with van der Waals surface area (Å²) in [6.45, 7) is 4.65. The summed E-state index contributed by atoms with van der Waals surface area (Å²) in [6, 6.07) is 4.00. The van der Waals surface area contributed by atoms with E-state index in [0.717, 1.165) is 11.4 Å². The highest BCUT2D eigenvalue weighted by molar-refractivity contribution is 7.10. The number of rotatable bonds is 4. The van der Waals surface area contributed by atoms with Crippen LogP contribution < -0.4 is 0 Å². The molecule has 2 fully saturated rings. The first-order valence-electron chi connectivity index (χ1n) is 7.82. The van der Waals surface area contributed by atoms with Crippen LogP contribution in [0.15, 0.2) is 22.0 Å². The maximum atomic E-state index is 12.6. The Morgan fingerprint density at radius 2 is 2.48 bits per heavy atom. The van der Waals surface area contributed by atoms with Crippen LogP contribution in [0.2, 0.25) is 0 Å². The number of hydrogen-bond acceptors (Lipinski definition) is 6. The number of fused-ring (bicyclic) bond motifs is 1. The smallest absolute Gasteiger partial charge is 0.227 e. The van der Waals surface area contributed by atoms with E-state index in [2.05, 4.69) is 10.1 Å². The van der Waals surface area contributed by atoms with E-state index in [1.165, 1.54) is 0 Å². The standard InChI is InChI=1S/C16H19N3O3S/c1-11-17-14(22-18-11)6-16-9-19(7-12(16)8-21-10-16)15(20)5-13-3-2-4-23-13/h2-4,12H,5-10H2,1H3/t12-,16+/m0/s1. The Labute approximate surface area is 138 Å². The number of aryl methyl sites for hydroxylation is 1. The third kappa shape index (κ3) is 2.79. The predicted octanol–water partition coefficient (Wildman–Crippen LogP) is 1.70. The molecule has 0 unspecified atom stereocenters. The fraction of sp³-hybridized carbons (Fsp3) is 0.562. The number of amides is 1. The quantitative estimate of drug-likeness (QED) is 0.852. The largest absolute Gasteiger partial charge is 0.380 e. The number of likely N-dealkylation sites (tertiary alicyclic amines) is 1. The van der Waals surface area contributed by atoms with E-state index in [4.69, 9.17) is 9.26 Å². The molecule has 7 heteroatoms. The Balaban J connectivity index is 1.48. The van der Waals surface area contributed by atoms with Crippen LogP contribution in [0.5, 0.6) is 0 Å². The van der Waals surface area contributed by atoms with Crippen LogP contribution in [0, 0.1) is 18.3 Å². The van der Waals surface area contributed by atoms with Crippen molar-refractivity contribution in [3.63, 3.8) is 0 Å². The van der Waals surface area contributed by atoms with Gasteiger partial charge in [0.15, 0.2) is 5.82 Å². The third-order valence-corrected chi connectivity index (χ3v) is 5.73. The molecule has 2 aromatic heterocycles. The molecule has 122 valence electrons. The van der Waals surface area contributed by atoms with Gasteiger partial charge in [0.25, 0.3) is 0 Å². The fourth-order valence-electron chi connectivity index (χ4n) is 3.66. The number of carbonyl (C=O) groups is 1. The van der Waals surface area contributed by atoms with Crippen LogP contribution >= 0.6 is 11.3 Å². The van der Waals surface area contributed by atoms with E-state index in [-0.39, 0.29) is 11.3 Å². The molecular weight excluding hydrogens is 314 g/mol. The molecule has 2 aliphatic rings. The normalized spacial score (nSPS) is 26.7. The van der Waals surface area contributed by atoms with Crippen LogP contribution in [-0.4, -0.2) is 47.3 Å². The molecule has 0 bridgehead atoms. The van der Waals surface area contributed by atoms with E-state index in [9.17, 15) is 4.79 Å². The first-order chi connectivity index (χ1) is 11.1. The van der Waals surface area contributed by atoms with E-state index in [1.807, 2.05) is 29.3 Å². The number of hydrogen-bond donors (Lipinski definition) is 0. The molecule has 2 aliphatic heterocycles. The van der Waals surface area contributed by atoms with Crippen molar-refractivity contribution in [1.82, 2.24) is 15.0 Å². The van der Waals surface area contributed by atoms with Gasteiger partial charge in [0.1, 0.15) is 0 Å². The van der Waals surface area contributed by atoms with Gasteiger partial charge in [-0.25, -0.2) is 0 Å². The van der Waals surface area contributed by atoms with Crippen molar-refractivity contribution < 1.29 is 14.1 Å². The minimum absolute atomic E-state index is 0.0793. The second-order valence-electron chi connectivity index (χ2n) is 6.52. The second kappa shape index (κ2) is 5.72. The Morgan fingerprint density at radius 1 is 1.57 bits per heavy atom. The second-order valence-corrected chi connectivity index (χ2v) is 7.55. The van der Waals surface area contributed by atoms with Crippen molar-refractivity contribution in [2.75, 3.05) is 26.3 Å². The maximum absolute atomic E-state index is 12.6. The monoisotopic (exact) mass is 333 g/mol. The van der Waals surface area contributed by atoms with Crippen molar-refractivity contribution in [2.24, 2.45) is 11.3 Å². The zero-order valence-corrected chi connectivity index (χ0v) is 13.8. The average Bonchev–Trinajstić information content (AvgIpc) is 3.24. The molecular formula is C16H19N3O3S. The summed E-state index contributed by atoms with van der Waals surface area (Å²) < 4.78 is 11.0. The fourth-order valence-corrected chi connectivity index (χ4v) is 4.36. The van der Waals surface area contributed by atoms with E-state index in [0.29, 0.717) is 50.2 Å². The first kappa shape index (κ1) is 14.8. The molecule has 4 rings (SSSR count). The molecule has 0 aromatic carbocycles. The zero-order valence-electron chi connectivity index (χ0n) is 13.0. The molecule has 23 heavy (non-hydrogen) atoms. The van der Waals surface area contributed by atoms with Gasteiger partial charge in [-0.15, -0.1) is 11.3 Å². The van der Waals surface area contributed by atoms with Crippen molar-refractivity contribution in [2.45, 2.75) is 19.8 Å². The van der Waals surface area contributed by atoms with E-state index < -0.39 is 0 Å². The minimum atomic E-state index is -0.0793. The van der Waals surface area contributed by atoms with E-state index in [1.54, 1.807) is 11.3 Å². The van der Waals surface area contributed by atoms with Gasteiger partial charge in [-0.2, -0.15) is 4.98 Å². The molecule has 2 aromatic rings. The zero-order chi connectivity index (χ0) is 15.9. The summed E-state index contributed by atoms with van der Waals surface area (Å²) in [5.74, 6) is 1.84. The number of aromatic nitrogens is 2. The first-order valence-corrected chi connectivity index (χ1v) is 8.70. The average molecular weight is 333 g/mol. The molecule has 2 saturated heterocycles. The molecule has 0 saturated carbocycles. The van der Waals surface area contributed by atoms with Gasteiger partial charge in [0, 0.05) is 35.7 Å². The summed E-state index contributed by atoms with van der Waals surface area (Å²) in [7, 11) is 0. The molecule has 0 aliphatic carbocycles. The lowest BCUT2D eigenvalue weighted by Crippen LogP contribution is -2.36. The molecule has 0 spiro atoms. The summed E-state index contributed by atoms with van der Waals surface area (Å²) in [6.07, 6.45) is 1.17. The Bertz CT molecular complexity index is 699. The molecule has 4 heterocycles. The predicted molar refractivity (Wildman–Crippen MR) is 84.1 cm³/mol. The molecule has 1 amide bonds. The maximum Gasteiger partial charge on any atom is 0.227 e.